The van der Waals surface area contributed by atoms with Crippen LogP contribution >= 0.6 is 23.2 Å². The standard InChI is InChI=1S/C30H32Cl2F4N4O5/c1-5-45-24(41)14-40-16(2)11-38(12-17(40)3)26-23(33)9-20-25(28(26)44-4)39(15-30(34,35)36)13-21(27(20)42)29(43)37-10-18-6-7-19(31)8-22(18)32/h6-9,13,16-17H,5,10-12,14-15H2,1-4H3,(H,37,43)/t16-,17+. The Hall–Kier alpha value is -3.55. The van der Waals surface area contributed by atoms with Gasteiger partial charge in [-0.3, -0.25) is 19.3 Å². The van der Waals surface area contributed by atoms with E-state index in [-0.39, 0.29) is 66.8 Å². The summed E-state index contributed by atoms with van der Waals surface area (Å²) < 4.78 is 68.7. The molecule has 1 N–H and O–H groups in total. The number of halogens is 6. The van der Waals surface area contributed by atoms with Crippen LogP contribution in [0.1, 0.15) is 36.7 Å². The average molecular weight is 676 g/mol. The Morgan fingerprint density at radius 1 is 1.11 bits per heavy atom. The largest absolute Gasteiger partial charge is 0.492 e. The Balaban J connectivity index is 1.78. The van der Waals surface area contributed by atoms with E-state index in [1.54, 1.807) is 17.9 Å². The lowest BCUT2D eigenvalue weighted by Gasteiger charge is -2.45. The first-order valence-corrected chi connectivity index (χ1v) is 14.8. The highest BCUT2D eigenvalue weighted by Crippen LogP contribution is 2.40. The van der Waals surface area contributed by atoms with Crippen LogP contribution in [0.25, 0.3) is 10.9 Å². The number of aromatic nitrogens is 1. The third-order valence-electron chi connectivity index (χ3n) is 7.53. The fraction of sp³-hybridized carbons (Fsp3) is 0.433. The van der Waals surface area contributed by atoms with Gasteiger partial charge in [0.15, 0.2) is 11.6 Å². The van der Waals surface area contributed by atoms with E-state index in [0.717, 1.165) is 12.3 Å². The minimum atomic E-state index is -4.77. The first kappa shape index (κ1) is 34.3. The Morgan fingerprint density at radius 3 is 2.36 bits per heavy atom. The van der Waals surface area contributed by atoms with Gasteiger partial charge in [0.1, 0.15) is 17.8 Å². The molecule has 1 aliphatic heterocycles. The molecule has 45 heavy (non-hydrogen) atoms. The highest BCUT2D eigenvalue weighted by molar-refractivity contribution is 6.35. The molecule has 3 aromatic rings. The van der Waals surface area contributed by atoms with Gasteiger partial charge in [0, 0.05) is 48.0 Å². The molecule has 0 radical (unpaired) electrons. The van der Waals surface area contributed by atoms with Crippen LogP contribution in [0.15, 0.2) is 35.3 Å². The second kappa shape index (κ2) is 13.8. The van der Waals surface area contributed by atoms with Crippen molar-refractivity contribution >= 4 is 51.7 Å². The molecule has 4 rings (SSSR count). The zero-order valence-electron chi connectivity index (χ0n) is 24.9. The molecule has 1 amide bonds. The van der Waals surface area contributed by atoms with Crippen molar-refractivity contribution in [3.63, 3.8) is 0 Å². The minimum absolute atomic E-state index is 0.0154. The number of fused-ring (bicyclic) bond motifs is 1. The molecule has 1 aromatic heterocycles. The van der Waals surface area contributed by atoms with Crippen LogP contribution in [0.3, 0.4) is 0 Å². The van der Waals surface area contributed by atoms with Gasteiger partial charge in [-0.25, -0.2) is 4.39 Å². The number of methoxy groups -OCH3 is 1. The van der Waals surface area contributed by atoms with Gasteiger partial charge in [0.25, 0.3) is 5.91 Å². The molecule has 2 aromatic carbocycles. The van der Waals surface area contributed by atoms with Crippen LogP contribution in [0, 0.1) is 5.82 Å². The summed E-state index contributed by atoms with van der Waals surface area (Å²) in [7, 11) is 1.17. The van der Waals surface area contributed by atoms with E-state index in [4.69, 9.17) is 32.7 Å². The molecule has 2 heterocycles. The molecule has 1 aliphatic rings. The summed E-state index contributed by atoms with van der Waals surface area (Å²) in [4.78, 5) is 42.3. The molecular formula is C30H32Cl2F4N4O5. The Morgan fingerprint density at radius 2 is 1.78 bits per heavy atom. The van der Waals surface area contributed by atoms with Crippen molar-refractivity contribution in [3.8, 4) is 5.75 Å². The number of nitrogens with one attached hydrogen (secondary N) is 1. The molecule has 0 unspecified atom stereocenters. The normalized spacial score (nSPS) is 17.4. The molecule has 0 aliphatic carbocycles. The van der Waals surface area contributed by atoms with Crippen LogP contribution in [0.5, 0.6) is 5.75 Å². The van der Waals surface area contributed by atoms with Gasteiger partial charge in [-0.15, -0.1) is 0 Å². The number of carbonyl (C=O) groups excluding carboxylic acids is 2. The molecule has 1 fully saturated rings. The molecule has 244 valence electrons. The van der Waals surface area contributed by atoms with E-state index in [1.807, 2.05) is 18.7 Å². The van der Waals surface area contributed by atoms with Crippen LogP contribution in [-0.2, 0) is 22.6 Å². The number of hydrogen-bond acceptors (Lipinski definition) is 7. The molecule has 2 atom stereocenters. The maximum absolute atomic E-state index is 15.9. The van der Waals surface area contributed by atoms with Gasteiger partial charge in [-0.2, -0.15) is 13.2 Å². The first-order valence-electron chi connectivity index (χ1n) is 14.0. The number of piperazine rings is 1. The number of pyridine rings is 1. The quantitative estimate of drug-likeness (QED) is 0.240. The van der Waals surface area contributed by atoms with Crippen LogP contribution in [0.4, 0.5) is 23.2 Å². The Labute approximate surface area is 266 Å². The van der Waals surface area contributed by atoms with E-state index >= 15 is 4.39 Å². The molecule has 15 heteroatoms. The molecular weight excluding hydrogens is 643 g/mol. The van der Waals surface area contributed by atoms with E-state index < -0.39 is 46.8 Å². The number of anilines is 1. The molecule has 1 saturated heterocycles. The summed E-state index contributed by atoms with van der Waals surface area (Å²) in [5.74, 6) is -2.60. The molecule has 9 nitrogen and oxygen atoms in total. The SMILES string of the molecule is CCOC(=O)CN1[C@H](C)CN(c2c(F)cc3c(=O)c(C(=O)NCc4ccc(Cl)cc4Cl)cn(CC(F)(F)F)c3c2OC)C[C@@H]1C. The topological polar surface area (TPSA) is 93.1 Å². The lowest BCUT2D eigenvalue weighted by Crippen LogP contribution is -2.58. The van der Waals surface area contributed by atoms with E-state index in [1.165, 1.54) is 19.2 Å². The van der Waals surface area contributed by atoms with Gasteiger partial charge >= 0.3 is 12.1 Å². The second-order valence-corrected chi connectivity index (χ2v) is 11.6. The predicted molar refractivity (Wildman–Crippen MR) is 163 cm³/mol. The molecule has 0 saturated carbocycles. The summed E-state index contributed by atoms with van der Waals surface area (Å²) in [6.07, 6.45) is -3.97. The number of benzene rings is 2. The number of ether oxygens (including phenoxy) is 2. The lowest BCUT2D eigenvalue weighted by molar-refractivity contribution is -0.146. The summed E-state index contributed by atoms with van der Waals surface area (Å²) in [5, 5.41) is 2.61. The first-order chi connectivity index (χ1) is 21.1. The smallest absolute Gasteiger partial charge is 0.406 e. The van der Waals surface area contributed by atoms with Crippen LogP contribution in [-0.4, -0.2) is 73.0 Å². The Kier molecular flexibility index (Phi) is 10.6. The van der Waals surface area contributed by atoms with Crippen molar-refractivity contribution in [1.29, 1.82) is 0 Å². The number of hydrogen-bond donors (Lipinski definition) is 1. The van der Waals surface area contributed by atoms with Gasteiger partial charge in [0.05, 0.1) is 31.2 Å². The van der Waals surface area contributed by atoms with Crippen molar-refractivity contribution in [2.75, 3.05) is 38.3 Å². The summed E-state index contributed by atoms with van der Waals surface area (Å²) in [5.41, 5.74) is -1.60. The number of carbonyl (C=O) groups is 2. The fourth-order valence-corrected chi connectivity index (χ4v) is 6.07. The fourth-order valence-electron chi connectivity index (χ4n) is 5.60. The third kappa shape index (κ3) is 7.64. The highest BCUT2D eigenvalue weighted by Gasteiger charge is 2.36. The zero-order valence-corrected chi connectivity index (χ0v) is 26.4. The van der Waals surface area contributed by atoms with Crippen molar-refractivity contribution in [2.24, 2.45) is 0 Å². The summed E-state index contributed by atoms with van der Waals surface area (Å²) >= 11 is 12.0. The van der Waals surface area contributed by atoms with Gasteiger partial charge < -0.3 is 24.3 Å². The van der Waals surface area contributed by atoms with Crippen molar-refractivity contribution in [2.45, 2.75) is 52.1 Å². The number of nitrogens with zero attached hydrogens (tertiary/aromatic N) is 3. The number of alkyl halides is 3. The second-order valence-electron chi connectivity index (χ2n) is 10.8. The van der Waals surface area contributed by atoms with Crippen LogP contribution in [0.2, 0.25) is 10.0 Å². The lowest BCUT2D eigenvalue weighted by atomic mass is 10.0. The van der Waals surface area contributed by atoms with Crippen molar-refractivity contribution in [3.05, 3.63) is 67.7 Å². The van der Waals surface area contributed by atoms with Crippen molar-refractivity contribution < 1.29 is 36.6 Å². The van der Waals surface area contributed by atoms with Gasteiger partial charge in [0.2, 0.25) is 5.43 Å². The maximum Gasteiger partial charge on any atom is 0.406 e. The minimum Gasteiger partial charge on any atom is -0.492 e. The van der Waals surface area contributed by atoms with E-state index in [2.05, 4.69) is 5.32 Å². The van der Waals surface area contributed by atoms with Gasteiger partial charge in [-0.05, 0) is 44.5 Å². The number of amides is 1. The van der Waals surface area contributed by atoms with E-state index in [0.29, 0.717) is 15.2 Å². The van der Waals surface area contributed by atoms with Gasteiger partial charge in [-0.1, -0.05) is 29.3 Å². The third-order valence-corrected chi connectivity index (χ3v) is 8.12. The monoisotopic (exact) mass is 674 g/mol. The number of esters is 1. The number of rotatable bonds is 9. The molecule has 0 spiro atoms. The Bertz CT molecular complexity index is 1650. The predicted octanol–water partition coefficient (Wildman–Crippen LogP) is 5.41. The maximum atomic E-state index is 15.9. The highest BCUT2D eigenvalue weighted by atomic mass is 35.5. The summed E-state index contributed by atoms with van der Waals surface area (Å²) in [6.45, 7) is 4.24. The average Bonchev–Trinajstić information content (AvgIpc) is 2.94. The summed E-state index contributed by atoms with van der Waals surface area (Å²) in [6, 6.07) is 4.80. The molecule has 0 bridgehead atoms. The van der Waals surface area contributed by atoms with E-state index in [9.17, 15) is 27.6 Å². The van der Waals surface area contributed by atoms with Crippen LogP contribution < -0.4 is 20.4 Å². The van der Waals surface area contributed by atoms with Crippen molar-refractivity contribution in [1.82, 2.24) is 14.8 Å². The zero-order chi connectivity index (χ0) is 33.2.